The first-order valence-electron chi connectivity index (χ1n) is 14.3. The lowest BCUT2D eigenvalue weighted by Crippen LogP contribution is -2.58. The lowest BCUT2D eigenvalue weighted by molar-refractivity contribution is -0.134. The van der Waals surface area contributed by atoms with Gasteiger partial charge >= 0.3 is 7.82 Å². The summed E-state index contributed by atoms with van der Waals surface area (Å²) in [6.07, 6.45) is -0.187. The van der Waals surface area contributed by atoms with E-state index in [0.29, 0.717) is 5.56 Å². The molecule has 0 aromatic heterocycles. The Hall–Kier alpha value is -4.58. The third-order valence-corrected chi connectivity index (χ3v) is 6.88. The zero-order valence-electron chi connectivity index (χ0n) is 26.7. The Morgan fingerprint density at radius 1 is 0.638 bits per heavy atom. The highest BCUT2D eigenvalue weighted by molar-refractivity contribution is 7.46. The number of phosphoric ester groups is 1. The zero-order chi connectivity index (χ0) is 36.2. The Morgan fingerprint density at radius 2 is 1.00 bits per heavy atom. The molecule has 0 spiro atoms. The fourth-order valence-corrected chi connectivity index (χ4v) is 3.97. The van der Waals surface area contributed by atoms with Crippen molar-refractivity contribution in [1.29, 1.82) is 0 Å². The predicted octanol–water partition coefficient (Wildman–Crippen LogP) is -3.46. The van der Waals surface area contributed by atoms with Crippen LogP contribution in [0.3, 0.4) is 0 Å². The number of primary amides is 1. The van der Waals surface area contributed by atoms with Crippen molar-refractivity contribution in [2.24, 2.45) is 11.5 Å². The monoisotopic (exact) mass is 686 g/mol. The van der Waals surface area contributed by atoms with Gasteiger partial charge in [-0.2, -0.15) is 0 Å². The summed E-state index contributed by atoms with van der Waals surface area (Å²) in [4.78, 5) is 105. The first kappa shape index (κ1) is 40.4. The van der Waals surface area contributed by atoms with Crippen LogP contribution in [-0.2, 0) is 44.5 Å². The molecule has 0 bridgehead atoms. The number of nitrogens with one attached hydrogen (secondary N) is 6. The zero-order valence-corrected chi connectivity index (χ0v) is 27.6. The van der Waals surface area contributed by atoms with Crippen LogP contribution in [0, 0.1) is 0 Å². The molecule has 19 nitrogen and oxygen atoms in total. The van der Waals surface area contributed by atoms with Gasteiger partial charge < -0.3 is 47.9 Å². The highest BCUT2D eigenvalue weighted by Crippen LogP contribution is 2.37. The molecule has 262 valence electrons. The number of hydrogen-bond donors (Lipinski definition) is 10. The van der Waals surface area contributed by atoms with E-state index in [1.54, 1.807) is 0 Å². The van der Waals surface area contributed by atoms with Gasteiger partial charge in [0.05, 0.1) is 6.04 Å². The third kappa shape index (κ3) is 14.6. The molecule has 0 aliphatic rings. The number of benzene rings is 1. The molecule has 47 heavy (non-hydrogen) atoms. The van der Waals surface area contributed by atoms with E-state index in [2.05, 4.69) is 36.4 Å². The van der Waals surface area contributed by atoms with Crippen LogP contribution >= 0.6 is 7.82 Å². The van der Waals surface area contributed by atoms with Gasteiger partial charge in [-0.05, 0) is 59.2 Å². The van der Waals surface area contributed by atoms with E-state index in [4.69, 9.17) is 21.3 Å². The van der Waals surface area contributed by atoms with Crippen molar-refractivity contribution in [3.8, 4) is 5.75 Å². The number of carbonyl (C=O) groups excluding carboxylic acids is 7. The van der Waals surface area contributed by atoms with E-state index in [9.17, 15) is 38.1 Å². The van der Waals surface area contributed by atoms with Gasteiger partial charge in [-0.25, -0.2) is 4.57 Å². The number of hydrogen-bond acceptors (Lipinski definition) is 10. The van der Waals surface area contributed by atoms with E-state index >= 15 is 0 Å². The SMILES string of the molecule is C[C@H](N)C(=O)N[C@@H](C)C(=O)N[C@@H](C)C(=O)N[C@@H](Cc1ccc(OP(=O)(O)O)cc1)C(=O)N[C@@H](C)C(=O)N[C@@H](C)C(=O)N[C@@H](C)C(N)=O. The summed E-state index contributed by atoms with van der Waals surface area (Å²) in [6.45, 7) is 8.16. The summed E-state index contributed by atoms with van der Waals surface area (Å²) < 4.78 is 15.6. The first-order chi connectivity index (χ1) is 21.6. The molecule has 12 N–H and O–H groups in total. The minimum Gasteiger partial charge on any atom is -0.404 e. The second-order valence-electron chi connectivity index (χ2n) is 10.8. The van der Waals surface area contributed by atoms with Crippen molar-refractivity contribution in [2.75, 3.05) is 0 Å². The lowest BCUT2D eigenvalue weighted by atomic mass is 10.0. The predicted molar refractivity (Wildman–Crippen MR) is 166 cm³/mol. The van der Waals surface area contributed by atoms with Crippen LogP contribution in [0.25, 0.3) is 0 Å². The molecule has 7 atom stereocenters. The molecule has 7 amide bonds. The molecule has 0 heterocycles. The highest BCUT2D eigenvalue weighted by Gasteiger charge is 2.29. The molecule has 0 unspecified atom stereocenters. The van der Waals surface area contributed by atoms with Crippen LogP contribution in [0.1, 0.15) is 47.1 Å². The standard InChI is InChI=1S/C27H43N8O11P/c1-12(28)22(37)31-14(3)24(39)33-17(6)26(41)35-20(11-18-7-9-19(10-8-18)46-47(43,44)45)27(42)34-16(5)25(40)32-15(4)23(38)30-13(2)21(29)36/h7-10,12-17,20H,11,28H2,1-6H3,(H2,29,36)(H,30,38)(H,31,37)(H,32,40)(H,33,39)(H,34,42)(H,35,41)(H2,43,44,45)/t12-,13-,14-,15-,16-,17-,20-/m0/s1. The lowest BCUT2D eigenvalue weighted by Gasteiger charge is -2.24. The average Bonchev–Trinajstić information content (AvgIpc) is 2.96. The van der Waals surface area contributed by atoms with Crippen LogP contribution in [0.2, 0.25) is 0 Å². The van der Waals surface area contributed by atoms with Gasteiger partial charge in [0.25, 0.3) is 0 Å². The van der Waals surface area contributed by atoms with Crippen LogP contribution in [0.15, 0.2) is 24.3 Å². The van der Waals surface area contributed by atoms with Crippen molar-refractivity contribution in [3.05, 3.63) is 29.8 Å². The molecule has 0 fully saturated rings. The van der Waals surface area contributed by atoms with Gasteiger partial charge in [0.2, 0.25) is 41.4 Å². The minimum atomic E-state index is -4.83. The maximum atomic E-state index is 13.3. The van der Waals surface area contributed by atoms with Gasteiger partial charge in [-0.3, -0.25) is 43.3 Å². The molecule has 0 radical (unpaired) electrons. The van der Waals surface area contributed by atoms with Crippen LogP contribution in [-0.4, -0.2) is 93.4 Å². The third-order valence-electron chi connectivity index (χ3n) is 6.43. The summed E-state index contributed by atoms with van der Waals surface area (Å²) in [6, 6.07) is -2.58. The van der Waals surface area contributed by atoms with Gasteiger partial charge in [0.1, 0.15) is 42.0 Å². The Labute approximate surface area is 270 Å². The van der Waals surface area contributed by atoms with Crippen molar-refractivity contribution in [2.45, 2.75) is 90.3 Å². The van der Waals surface area contributed by atoms with Crippen LogP contribution < -0.4 is 47.9 Å². The van der Waals surface area contributed by atoms with Crippen molar-refractivity contribution in [3.63, 3.8) is 0 Å². The Bertz CT molecular complexity index is 1370. The summed E-state index contributed by atoms with van der Waals surface area (Å²) in [5.41, 5.74) is 11.0. The molecule has 0 saturated heterocycles. The van der Waals surface area contributed by atoms with E-state index in [-0.39, 0.29) is 12.2 Å². The van der Waals surface area contributed by atoms with E-state index in [1.807, 2.05) is 0 Å². The average molecular weight is 687 g/mol. The maximum absolute atomic E-state index is 13.3. The molecular formula is C27H43N8O11P. The van der Waals surface area contributed by atoms with Gasteiger partial charge in [0, 0.05) is 6.42 Å². The van der Waals surface area contributed by atoms with Crippen molar-refractivity contribution in [1.82, 2.24) is 31.9 Å². The van der Waals surface area contributed by atoms with Crippen LogP contribution in [0.4, 0.5) is 0 Å². The number of nitrogens with two attached hydrogens (primary N) is 2. The van der Waals surface area contributed by atoms with Gasteiger partial charge in [0.15, 0.2) is 0 Å². The van der Waals surface area contributed by atoms with E-state index in [0.717, 1.165) is 0 Å². The number of rotatable bonds is 17. The summed E-state index contributed by atoms with van der Waals surface area (Å²) in [5, 5.41) is 14.4. The smallest absolute Gasteiger partial charge is 0.404 e. The summed E-state index contributed by atoms with van der Waals surface area (Å²) in [5.74, 6) is -5.39. The highest BCUT2D eigenvalue weighted by atomic mass is 31.2. The number of amides is 7. The topological polar surface area (TPSA) is 310 Å². The maximum Gasteiger partial charge on any atom is 0.524 e. The summed E-state index contributed by atoms with van der Waals surface area (Å²) >= 11 is 0. The molecule has 20 heteroatoms. The largest absolute Gasteiger partial charge is 0.524 e. The van der Waals surface area contributed by atoms with Gasteiger partial charge in [-0.15, -0.1) is 0 Å². The quantitative estimate of drug-likeness (QED) is 0.0715. The fourth-order valence-electron chi connectivity index (χ4n) is 3.57. The number of carbonyl (C=O) groups is 7. The van der Waals surface area contributed by atoms with E-state index in [1.165, 1.54) is 65.8 Å². The molecule has 1 aromatic rings. The Kier molecular flexibility index (Phi) is 15.4. The van der Waals surface area contributed by atoms with Crippen LogP contribution in [0.5, 0.6) is 5.75 Å². The molecule has 0 aliphatic carbocycles. The van der Waals surface area contributed by atoms with Gasteiger partial charge in [-0.1, -0.05) is 12.1 Å². The molecule has 1 rings (SSSR count). The minimum absolute atomic E-state index is 0.164. The second-order valence-corrected chi connectivity index (χ2v) is 12.0. The second kappa shape index (κ2) is 17.9. The van der Waals surface area contributed by atoms with Crippen molar-refractivity contribution >= 4 is 49.2 Å². The molecule has 0 aliphatic heterocycles. The fraction of sp³-hybridized carbons (Fsp3) is 0.519. The van der Waals surface area contributed by atoms with Crippen molar-refractivity contribution < 1.29 is 52.4 Å². The normalized spacial score (nSPS) is 15.6. The molecular weight excluding hydrogens is 643 g/mol. The summed E-state index contributed by atoms with van der Waals surface area (Å²) in [7, 11) is -4.83. The first-order valence-corrected chi connectivity index (χ1v) is 15.9. The van der Waals surface area contributed by atoms with E-state index < -0.39 is 91.5 Å². The molecule has 0 saturated carbocycles. The Morgan fingerprint density at radius 3 is 1.38 bits per heavy atom. The molecule has 1 aromatic carbocycles. The Balaban J connectivity index is 3.07. The number of phosphoric acid groups is 1.